The molecule has 0 spiro atoms. The molecule has 0 aromatic heterocycles. The highest BCUT2D eigenvalue weighted by Gasteiger charge is 2.05. The lowest BCUT2D eigenvalue weighted by Crippen LogP contribution is -2.16. The first kappa shape index (κ1) is 17.2. The van der Waals surface area contributed by atoms with Gasteiger partial charge in [0.2, 0.25) is 0 Å². The Hall–Kier alpha value is -2.20. The van der Waals surface area contributed by atoms with Gasteiger partial charge < -0.3 is 19.5 Å². The van der Waals surface area contributed by atoms with Crippen LogP contribution in [0.25, 0.3) is 0 Å². The molecule has 23 heavy (non-hydrogen) atoms. The molecule has 0 atom stereocenters. The quantitative estimate of drug-likeness (QED) is 0.720. The summed E-state index contributed by atoms with van der Waals surface area (Å²) in [5, 5.41) is 3.46. The molecule has 0 bridgehead atoms. The van der Waals surface area contributed by atoms with Gasteiger partial charge in [-0.1, -0.05) is 18.2 Å². The molecule has 2 aromatic rings. The van der Waals surface area contributed by atoms with Crippen molar-refractivity contribution in [3.8, 4) is 17.2 Å². The summed E-state index contributed by atoms with van der Waals surface area (Å²) in [6, 6.07) is 14.2. The highest BCUT2D eigenvalue weighted by molar-refractivity contribution is 5.42. The Bertz CT molecular complexity index is 596. The summed E-state index contributed by atoms with van der Waals surface area (Å²) in [6.07, 6.45) is 0.985. The molecule has 4 heteroatoms. The van der Waals surface area contributed by atoms with Crippen molar-refractivity contribution in [3.63, 3.8) is 0 Å². The molecule has 4 nitrogen and oxygen atoms in total. The second-order valence-electron chi connectivity index (χ2n) is 5.19. The van der Waals surface area contributed by atoms with Gasteiger partial charge in [-0.15, -0.1) is 0 Å². The van der Waals surface area contributed by atoms with Gasteiger partial charge in [-0.05, 0) is 55.3 Å². The van der Waals surface area contributed by atoms with Gasteiger partial charge in [-0.2, -0.15) is 0 Å². The van der Waals surface area contributed by atoms with E-state index in [0.29, 0.717) is 6.61 Å². The molecule has 1 N–H and O–H groups in total. The van der Waals surface area contributed by atoms with Gasteiger partial charge in [-0.3, -0.25) is 0 Å². The zero-order valence-corrected chi connectivity index (χ0v) is 14.1. The van der Waals surface area contributed by atoms with Crippen LogP contribution in [-0.4, -0.2) is 27.4 Å². The monoisotopic (exact) mass is 315 g/mol. The number of nitrogens with one attached hydrogen (secondary N) is 1. The van der Waals surface area contributed by atoms with E-state index in [1.54, 1.807) is 14.2 Å². The van der Waals surface area contributed by atoms with E-state index in [9.17, 15) is 0 Å². The summed E-state index contributed by atoms with van der Waals surface area (Å²) < 4.78 is 16.1. The number of ether oxygens (including phenoxy) is 3. The molecule has 0 heterocycles. The number of rotatable bonds is 9. The first-order valence-electron chi connectivity index (χ1n) is 7.90. The molecule has 0 unspecified atom stereocenters. The minimum absolute atomic E-state index is 0.630. The minimum atomic E-state index is 0.630. The molecule has 0 aliphatic rings. The van der Waals surface area contributed by atoms with E-state index in [-0.39, 0.29) is 0 Å². The van der Waals surface area contributed by atoms with Crippen LogP contribution in [0.4, 0.5) is 0 Å². The Morgan fingerprint density at radius 2 is 1.61 bits per heavy atom. The van der Waals surface area contributed by atoms with E-state index in [1.165, 1.54) is 11.1 Å². The highest BCUT2D eigenvalue weighted by atomic mass is 16.5. The Morgan fingerprint density at radius 1 is 0.870 bits per heavy atom. The molecule has 2 aromatic carbocycles. The van der Waals surface area contributed by atoms with Crippen LogP contribution < -0.4 is 19.5 Å². The fourth-order valence-corrected chi connectivity index (χ4v) is 2.36. The first-order chi connectivity index (χ1) is 11.3. The molecule has 0 saturated heterocycles. The summed E-state index contributed by atoms with van der Waals surface area (Å²) in [5.74, 6) is 2.46. The van der Waals surface area contributed by atoms with Crippen LogP contribution in [0.15, 0.2) is 42.5 Å². The van der Waals surface area contributed by atoms with Gasteiger partial charge in [0.1, 0.15) is 5.75 Å². The number of benzene rings is 2. The topological polar surface area (TPSA) is 39.7 Å². The van der Waals surface area contributed by atoms with Gasteiger partial charge in [0, 0.05) is 6.54 Å². The van der Waals surface area contributed by atoms with Crippen LogP contribution in [-0.2, 0) is 13.0 Å². The zero-order valence-electron chi connectivity index (χ0n) is 14.1. The van der Waals surface area contributed by atoms with Crippen molar-refractivity contribution < 1.29 is 14.2 Å². The fraction of sp³-hybridized carbons (Fsp3) is 0.368. The van der Waals surface area contributed by atoms with Crippen molar-refractivity contribution in [1.29, 1.82) is 0 Å². The van der Waals surface area contributed by atoms with E-state index >= 15 is 0 Å². The Morgan fingerprint density at radius 3 is 2.26 bits per heavy atom. The lowest BCUT2D eigenvalue weighted by Gasteiger charge is -2.11. The number of methoxy groups -OCH3 is 2. The lowest BCUT2D eigenvalue weighted by molar-refractivity contribution is 0.310. The largest absolute Gasteiger partial charge is 0.497 e. The molecular formula is C19H25NO3. The third-order valence-corrected chi connectivity index (χ3v) is 3.61. The summed E-state index contributed by atoms with van der Waals surface area (Å²) in [6.45, 7) is 4.33. The zero-order chi connectivity index (χ0) is 16.5. The van der Waals surface area contributed by atoms with Crippen LogP contribution >= 0.6 is 0 Å². The van der Waals surface area contributed by atoms with Crippen molar-refractivity contribution >= 4 is 0 Å². The van der Waals surface area contributed by atoms with Crippen LogP contribution in [0, 0.1) is 0 Å². The average molecular weight is 315 g/mol. The van der Waals surface area contributed by atoms with Crippen LogP contribution in [0.3, 0.4) is 0 Å². The molecule has 0 fully saturated rings. The SMILES string of the molecule is CCOc1cc(CNCCc2ccc(OC)cc2)ccc1OC. The fourth-order valence-electron chi connectivity index (χ4n) is 2.36. The maximum Gasteiger partial charge on any atom is 0.161 e. The Labute approximate surface area is 138 Å². The normalized spacial score (nSPS) is 10.4. The minimum Gasteiger partial charge on any atom is -0.497 e. The highest BCUT2D eigenvalue weighted by Crippen LogP contribution is 2.27. The molecule has 124 valence electrons. The summed E-state index contributed by atoms with van der Waals surface area (Å²) in [4.78, 5) is 0. The van der Waals surface area contributed by atoms with E-state index in [2.05, 4.69) is 23.5 Å². The van der Waals surface area contributed by atoms with E-state index < -0.39 is 0 Å². The number of hydrogen-bond donors (Lipinski definition) is 1. The molecule has 2 rings (SSSR count). The average Bonchev–Trinajstić information content (AvgIpc) is 2.60. The molecule has 0 aliphatic carbocycles. The van der Waals surface area contributed by atoms with Crippen molar-refractivity contribution in [2.75, 3.05) is 27.4 Å². The van der Waals surface area contributed by atoms with Gasteiger partial charge in [0.25, 0.3) is 0 Å². The third kappa shape index (κ3) is 5.18. The van der Waals surface area contributed by atoms with E-state index in [0.717, 1.165) is 36.8 Å². The van der Waals surface area contributed by atoms with Crippen molar-refractivity contribution in [2.24, 2.45) is 0 Å². The van der Waals surface area contributed by atoms with Gasteiger partial charge >= 0.3 is 0 Å². The van der Waals surface area contributed by atoms with Crippen molar-refractivity contribution in [1.82, 2.24) is 5.32 Å². The van der Waals surface area contributed by atoms with E-state index in [4.69, 9.17) is 14.2 Å². The Kier molecular flexibility index (Phi) is 6.76. The van der Waals surface area contributed by atoms with Crippen molar-refractivity contribution in [3.05, 3.63) is 53.6 Å². The molecular weight excluding hydrogens is 290 g/mol. The summed E-state index contributed by atoms with van der Waals surface area (Å²) >= 11 is 0. The summed E-state index contributed by atoms with van der Waals surface area (Å²) in [5.41, 5.74) is 2.48. The van der Waals surface area contributed by atoms with Gasteiger partial charge in [0.15, 0.2) is 11.5 Å². The smallest absolute Gasteiger partial charge is 0.161 e. The standard InChI is InChI=1S/C19H25NO3/c1-4-23-19-13-16(7-10-18(19)22-3)14-20-12-11-15-5-8-17(21-2)9-6-15/h5-10,13,20H,4,11-12,14H2,1-3H3. The molecule has 0 aliphatic heterocycles. The predicted octanol–water partition coefficient (Wildman–Crippen LogP) is 3.43. The van der Waals surface area contributed by atoms with Crippen LogP contribution in [0.5, 0.6) is 17.2 Å². The third-order valence-electron chi connectivity index (χ3n) is 3.61. The van der Waals surface area contributed by atoms with Gasteiger partial charge in [0.05, 0.1) is 20.8 Å². The first-order valence-corrected chi connectivity index (χ1v) is 7.90. The second-order valence-corrected chi connectivity index (χ2v) is 5.19. The summed E-state index contributed by atoms with van der Waals surface area (Å²) in [7, 11) is 3.34. The van der Waals surface area contributed by atoms with Crippen LogP contribution in [0.2, 0.25) is 0 Å². The maximum atomic E-state index is 5.60. The molecule has 0 saturated carbocycles. The molecule has 0 radical (unpaired) electrons. The van der Waals surface area contributed by atoms with Gasteiger partial charge in [-0.25, -0.2) is 0 Å². The van der Waals surface area contributed by atoms with E-state index in [1.807, 2.05) is 31.2 Å². The lowest BCUT2D eigenvalue weighted by atomic mass is 10.1. The Balaban J connectivity index is 1.82. The number of hydrogen-bond acceptors (Lipinski definition) is 4. The van der Waals surface area contributed by atoms with Crippen LogP contribution in [0.1, 0.15) is 18.1 Å². The molecule has 0 amide bonds. The maximum absolute atomic E-state index is 5.60. The second kappa shape index (κ2) is 9.06. The predicted molar refractivity (Wildman–Crippen MR) is 92.6 cm³/mol. The van der Waals surface area contributed by atoms with Crippen molar-refractivity contribution in [2.45, 2.75) is 19.9 Å².